The van der Waals surface area contributed by atoms with E-state index in [1.165, 1.54) is 56.3 Å². The fourth-order valence-corrected chi connectivity index (χ4v) is 19.4. The van der Waals surface area contributed by atoms with Gasteiger partial charge in [0.2, 0.25) is 0 Å². The van der Waals surface area contributed by atoms with Crippen molar-refractivity contribution in [3.05, 3.63) is 46.0 Å². The quantitative estimate of drug-likeness (QED) is 0.210. The van der Waals surface area contributed by atoms with E-state index in [0.29, 0.717) is 15.6 Å². The minimum absolute atomic E-state index is 0.535. The van der Waals surface area contributed by atoms with Gasteiger partial charge in [-0.2, -0.15) is 0 Å². The predicted molar refractivity (Wildman–Crippen MR) is 120 cm³/mol. The second kappa shape index (κ2) is 13.5. The minimum atomic E-state index is -2.18. The van der Waals surface area contributed by atoms with E-state index in [2.05, 4.69) is 26.8 Å². The van der Waals surface area contributed by atoms with E-state index in [9.17, 15) is 5.11 Å². The Bertz CT molecular complexity index is 503. The molecule has 0 spiro atoms. The monoisotopic (exact) mass is 506 g/mol. The van der Waals surface area contributed by atoms with Gasteiger partial charge in [-0.1, -0.05) is 0 Å². The molecule has 148 valence electrons. The van der Waals surface area contributed by atoms with Crippen LogP contribution in [0.2, 0.25) is 27.8 Å². The summed E-state index contributed by atoms with van der Waals surface area (Å²) in [6, 6.07) is 5.38. The molecule has 1 unspecified atom stereocenters. The number of halogens is 2. The maximum absolute atomic E-state index is 10.6. The van der Waals surface area contributed by atoms with Crippen LogP contribution >= 0.6 is 23.2 Å². The molecule has 26 heavy (non-hydrogen) atoms. The Hall–Kier alpha value is 0.299. The molecule has 1 nitrogen and oxygen atoms in total. The molecule has 0 radical (unpaired) electrons. The molecule has 0 aliphatic heterocycles. The van der Waals surface area contributed by atoms with Crippen LogP contribution in [0.5, 0.6) is 0 Å². The van der Waals surface area contributed by atoms with Crippen LogP contribution in [-0.4, -0.2) is 23.5 Å². The number of unbranched alkanes of at least 4 members (excludes halogenated alkanes) is 3. The van der Waals surface area contributed by atoms with Crippen molar-refractivity contribution in [2.45, 2.75) is 83.1 Å². The average molecular weight is 506 g/mol. The summed E-state index contributed by atoms with van der Waals surface area (Å²) in [6.45, 7) is 6.90. The number of allylic oxidation sites excluding steroid dienone is 1. The van der Waals surface area contributed by atoms with Crippen molar-refractivity contribution in [1.82, 2.24) is 0 Å². The van der Waals surface area contributed by atoms with Gasteiger partial charge in [-0.25, -0.2) is 0 Å². The first-order valence-electron chi connectivity index (χ1n) is 10.3. The molecule has 0 heterocycles. The van der Waals surface area contributed by atoms with E-state index in [0.717, 1.165) is 0 Å². The fourth-order valence-electron chi connectivity index (χ4n) is 3.67. The summed E-state index contributed by atoms with van der Waals surface area (Å²) in [4.78, 5) is 0. The van der Waals surface area contributed by atoms with Crippen molar-refractivity contribution in [2.75, 3.05) is 0 Å². The van der Waals surface area contributed by atoms with Gasteiger partial charge in [0.05, 0.1) is 0 Å². The SMILES string of the molecule is CCC[CH2][Sn]([CH2]/C=C/C(O)c1c(Cl)cccc1Cl)([CH2]CCC)[CH2]CCC. The molecule has 0 aliphatic rings. The molecule has 0 bridgehead atoms. The van der Waals surface area contributed by atoms with Crippen LogP contribution in [0.1, 0.15) is 71.0 Å². The number of aliphatic hydroxyl groups excluding tert-OH is 1. The predicted octanol–water partition coefficient (Wildman–Crippen LogP) is 8.43. The summed E-state index contributed by atoms with van der Waals surface area (Å²) in [5.41, 5.74) is 0.628. The van der Waals surface area contributed by atoms with Crippen molar-refractivity contribution in [2.24, 2.45) is 0 Å². The molecular weight excluding hydrogens is 470 g/mol. The van der Waals surface area contributed by atoms with Gasteiger partial charge >= 0.3 is 176 Å². The van der Waals surface area contributed by atoms with Crippen LogP contribution in [0.25, 0.3) is 0 Å². The number of benzene rings is 1. The number of hydrogen-bond donors (Lipinski definition) is 1. The van der Waals surface area contributed by atoms with Gasteiger partial charge < -0.3 is 0 Å². The first-order chi connectivity index (χ1) is 12.5. The van der Waals surface area contributed by atoms with Gasteiger partial charge in [-0.15, -0.1) is 0 Å². The first-order valence-corrected chi connectivity index (χ1v) is 19.1. The van der Waals surface area contributed by atoms with E-state index >= 15 is 0 Å². The zero-order chi connectivity index (χ0) is 19.4. The van der Waals surface area contributed by atoms with Gasteiger partial charge in [0, 0.05) is 0 Å². The summed E-state index contributed by atoms with van der Waals surface area (Å²) in [5, 5.41) is 11.6. The van der Waals surface area contributed by atoms with E-state index in [1.54, 1.807) is 12.1 Å². The molecule has 1 N–H and O–H groups in total. The van der Waals surface area contributed by atoms with Gasteiger partial charge in [0.1, 0.15) is 0 Å². The topological polar surface area (TPSA) is 20.2 Å². The van der Waals surface area contributed by atoms with E-state index in [4.69, 9.17) is 23.2 Å². The van der Waals surface area contributed by atoms with Crippen LogP contribution in [-0.2, 0) is 0 Å². The Morgan fingerprint density at radius 2 is 1.38 bits per heavy atom. The molecule has 4 heteroatoms. The Morgan fingerprint density at radius 3 is 1.81 bits per heavy atom. The molecule has 1 aromatic carbocycles. The Kier molecular flexibility index (Phi) is 12.6. The summed E-state index contributed by atoms with van der Waals surface area (Å²) in [5.74, 6) is 0. The van der Waals surface area contributed by atoms with E-state index in [-0.39, 0.29) is 0 Å². The summed E-state index contributed by atoms with van der Waals surface area (Å²) >= 11 is 10.3. The molecule has 1 aromatic rings. The van der Waals surface area contributed by atoms with Gasteiger partial charge in [-0.3, -0.25) is 0 Å². The van der Waals surface area contributed by atoms with Crippen molar-refractivity contribution in [1.29, 1.82) is 0 Å². The molecular formula is C22H36Cl2OSn. The Balaban J connectivity index is 2.89. The molecule has 1 rings (SSSR count). The molecule has 0 amide bonds. The zero-order valence-electron chi connectivity index (χ0n) is 16.7. The van der Waals surface area contributed by atoms with Gasteiger partial charge in [0.25, 0.3) is 0 Å². The van der Waals surface area contributed by atoms with Gasteiger partial charge in [0.15, 0.2) is 0 Å². The second-order valence-corrected chi connectivity index (χ2v) is 22.3. The number of hydrogen-bond acceptors (Lipinski definition) is 1. The molecule has 0 aliphatic carbocycles. The molecule has 0 saturated heterocycles. The second-order valence-electron chi connectivity index (χ2n) is 7.52. The molecule has 0 fully saturated rings. The van der Waals surface area contributed by atoms with Crippen LogP contribution < -0.4 is 0 Å². The van der Waals surface area contributed by atoms with Gasteiger partial charge in [-0.05, 0) is 0 Å². The molecule has 0 saturated carbocycles. The zero-order valence-corrected chi connectivity index (χ0v) is 21.1. The average Bonchev–Trinajstić information content (AvgIpc) is 2.62. The summed E-state index contributed by atoms with van der Waals surface area (Å²) in [6.07, 6.45) is 11.4. The number of rotatable bonds is 13. The first kappa shape index (κ1) is 24.3. The van der Waals surface area contributed by atoms with Crippen molar-refractivity contribution in [3.63, 3.8) is 0 Å². The Morgan fingerprint density at radius 1 is 0.923 bits per heavy atom. The maximum atomic E-state index is 10.6. The van der Waals surface area contributed by atoms with Crippen molar-refractivity contribution in [3.8, 4) is 0 Å². The van der Waals surface area contributed by atoms with Crippen LogP contribution in [0.3, 0.4) is 0 Å². The standard InChI is InChI=1S/C10H9Cl2O.3C4H9.Sn/c1-2-4-9(13)10-7(11)5-3-6-8(10)12;3*1-3-4-2;/h2-6,9,13H,1H2;3*1,3-4H2,2H3;/b4-2+;;;;. The van der Waals surface area contributed by atoms with Crippen molar-refractivity contribution < 1.29 is 5.11 Å². The van der Waals surface area contributed by atoms with E-state index < -0.39 is 24.5 Å². The molecule has 1 atom stereocenters. The third-order valence-corrected chi connectivity index (χ3v) is 21.3. The third kappa shape index (κ3) is 8.12. The van der Waals surface area contributed by atoms with Crippen LogP contribution in [0.4, 0.5) is 0 Å². The van der Waals surface area contributed by atoms with Crippen molar-refractivity contribution >= 4 is 41.6 Å². The van der Waals surface area contributed by atoms with Crippen LogP contribution in [0, 0.1) is 0 Å². The third-order valence-electron chi connectivity index (χ3n) is 5.35. The number of aliphatic hydroxyl groups is 1. The Labute approximate surface area is 175 Å². The van der Waals surface area contributed by atoms with E-state index in [1.807, 2.05) is 12.1 Å². The van der Waals surface area contributed by atoms with Crippen LogP contribution in [0.15, 0.2) is 30.4 Å². The summed E-state index contributed by atoms with van der Waals surface area (Å²) < 4.78 is 5.68. The summed E-state index contributed by atoms with van der Waals surface area (Å²) in [7, 11) is 0. The normalized spacial score (nSPS) is 13.5. The molecule has 0 aromatic heterocycles. The fraction of sp³-hybridized carbons (Fsp3) is 0.636.